The van der Waals surface area contributed by atoms with Crippen LogP contribution in [0, 0.1) is 0 Å². The first kappa shape index (κ1) is 21.7. The van der Waals surface area contributed by atoms with Crippen LogP contribution < -0.4 is 5.32 Å². The molecule has 23 heavy (non-hydrogen) atoms. The van der Waals surface area contributed by atoms with E-state index in [0.29, 0.717) is 6.42 Å². The molecule has 0 saturated carbocycles. The van der Waals surface area contributed by atoms with Crippen LogP contribution in [0.5, 0.6) is 0 Å². The lowest BCUT2D eigenvalue weighted by Gasteiger charge is -2.07. The Morgan fingerprint density at radius 2 is 1.39 bits per heavy atom. The summed E-state index contributed by atoms with van der Waals surface area (Å²) in [5.74, 6) is 0.196. The van der Waals surface area contributed by atoms with Gasteiger partial charge < -0.3 is 5.32 Å². The molecule has 0 atom stereocenters. The number of nitrogens with one attached hydrogen (secondary N) is 1. The second kappa shape index (κ2) is 17.1. The minimum Gasteiger partial charge on any atom is -0.354 e. The van der Waals surface area contributed by atoms with Gasteiger partial charge in [0, 0.05) is 12.5 Å². The molecule has 0 aromatic heterocycles. The van der Waals surface area contributed by atoms with Crippen molar-refractivity contribution in [1.82, 2.24) is 5.32 Å². The highest BCUT2D eigenvalue weighted by Gasteiger charge is 2.01. The van der Waals surface area contributed by atoms with Crippen molar-refractivity contribution in [2.75, 3.05) is 0 Å². The lowest BCUT2D eigenvalue weighted by atomic mass is 10.1. The largest absolute Gasteiger partial charge is 0.354 e. The van der Waals surface area contributed by atoms with Crippen LogP contribution in [0.4, 0.5) is 0 Å². The van der Waals surface area contributed by atoms with E-state index >= 15 is 0 Å². The summed E-state index contributed by atoms with van der Waals surface area (Å²) in [7, 11) is 0. The normalized spacial score (nSPS) is 12.2. The first-order valence-electron chi connectivity index (χ1n) is 9.41. The molecule has 0 saturated heterocycles. The van der Waals surface area contributed by atoms with Gasteiger partial charge in [-0.3, -0.25) is 4.79 Å². The fourth-order valence-corrected chi connectivity index (χ4v) is 2.30. The van der Waals surface area contributed by atoms with Crippen molar-refractivity contribution < 1.29 is 4.79 Å². The second-order valence-corrected chi connectivity index (χ2v) is 6.32. The van der Waals surface area contributed by atoms with Gasteiger partial charge in [-0.1, -0.05) is 62.6 Å². The SMILES string of the molecule is CC/C=C\C/C=C\C/C=C\CCCCCCCC(=O)NC(C)C. The molecule has 132 valence electrons. The maximum absolute atomic E-state index is 11.5. The first-order chi connectivity index (χ1) is 11.2. The molecule has 0 heterocycles. The highest BCUT2D eigenvalue weighted by molar-refractivity contribution is 5.76. The molecule has 0 unspecified atom stereocenters. The molecule has 2 heteroatoms. The molecule has 2 nitrogen and oxygen atoms in total. The quantitative estimate of drug-likeness (QED) is 0.304. The van der Waals surface area contributed by atoms with Crippen LogP contribution in [0.3, 0.4) is 0 Å². The van der Waals surface area contributed by atoms with Gasteiger partial charge in [-0.25, -0.2) is 0 Å². The zero-order chi connectivity index (χ0) is 17.2. The molecule has 0 fully saturated rings. The fourth-order valence-electron chi connectivity index (χ4n) is 2.30. The minimum absolute atomic E-state index is 0.196. The van der Waals surface area contributed by atoms with Crippen molar-refractivity contribution in [3.8, 4) is 0 Å². The van der Waals surface area contributed by atoms with Crippen LogP contribution in [-0.2, 0) is 4.79 Å². The van der Waals surface area contributed by atoms with Gasteiger partial charge >= 0.3 is 0 Å². The van der Waals surface area contributed by atoms with E-state index in [4.69, 9.17) is 0 Å². The topological polar surface area (TPSA) is 29.1 Å². The summed E-state index contributed by atoms with van der Waals surface area (Å²) in [6, 6.07) is 0.261. The van der Waals surface area contributed by atoms with Gasteiger partial charge in [0.2, 0.25) is 5.91 Å². The van der Waals surface area contributed by atoms with Crippen molar-refractivity contribution in [2.24, 2.45) is 0 Å². The number of amides is 1. The Balaban J connectivity index is 3.31. The Labute approximate surface area is 144 Å². The van der Waals surface area contributed by atoms with Crippen LogP contribution in [0.25, 0.3) is 0 Å². The molecular formula is C21H37NO. The van der Waals surface area contributed by atoms with E-state index in [1.165, 1.54) is 32.1 Å². The van der Waals surface area contributed by atoms with Gasteiger partial charge in [0.05, 0.1) is 0 Å². The average Bonchev–Trinajstić information content (AvgIpc) is 2.50. The van der Waals surface area contributed by atoms with Gasteiger partial charge in [0.1, 0.15) is 0 Å². The summed E-state index contributed by atoms with van der Waals surface area (Å²) < 4.78 is 0. The number of unbranched alkanes of at least 4 members (excludes halogenated alkanes) is 5. The summed E-state index contributed by atoms with van der Waals surface area (Å²) in [6.45, 7) is 6.17. The maximum Gasteiger partial charge on any atom is 0.220 e. The van der Waals surface area contributed by atoms with Gasteiger partial charge in [-0.05, 0) is 52.4 Å². The summed E-state index contributed by atoms with van der Waals surface area (Å²) in [4.78, 5) is 11.5. The van der Waals surface area contributed by atoms with Crippen molar-refractivity contribution >= 4 is 5.91 Å². The zero-order valence-corrected chi connectivity index (χ0v) is 15.5. The van der Waals surface area contributed by atoms with E-state index in [0.717, 1.165) is 25.7 Å². The van der Waals surface area contributed by atoms with Crippen LogP contribution in [0.1, 0.15) is 85.0 Å². The summed E-state index contributed by atoms with van der Waals surface area (Å²) in [5.41, 5.74) is 0. The molecule has 0 aliphatic heterocycles. The molecule has 1 amide bonds. The Morgan fingerprint density at radius 3 is 2.04 bits per heavy atom. The molecule has 0 rings (SSSR count). The number of hydrogen-bond acceptors (Lipinski definition) is 1. The minimum atomic E-state index is 0.196. The summed E-state index contributed by atoms with van der Waals surface area (Å²) in [5, 5.41) is 2.94. The third kappa shape index (κ3) is 18.6. The van der Waals surface area contributed by atoms with Gasteiger partial charge in [-0.2, -0.15) is 0 Å². The van der Waals surface area contributed by atoms with Crippen LogP contribution in [0.2, 0.25) is 0 Å². The van der Waals surface area contributed by atoms with Gasteiger partial charge in [0.25, 0.3) is 0 Å². The third-order valence-corrected chi connectivity index (χ3v) is 3.50. The van der Waals surface area contributed by atoms with Gasteiger partial charge in [-0.15, -0.1) is 0 Å². The fraction of sp³-hybridized carbons (Fsp3) is 0.667. The maximum atomic E-state index is 11.5. The monoisotopic (exact) mass is 319 g/mol. The van der Waals surface area contributed by atoms with E-state index in [1.807, 2.05) is 13.8 Å². The van der Waals surface area contributed by atoms with Gasteiger partial charge in [0.15, 0.2) is 0 Å². The number of carbonyl (C=O) groups is 1. The Bertz CT molecular complexity index is 353. The lowest BCUT2D eigenvalue weighted by Crippen LogP contribution is -2.29. The number of rotatable bonds is 14. The zero-order valence-electron chi connectivity index (χ0n) is 15.5. The van der Waals surface area contributed by atoms with Crippen molar-refractivity contribution in [1.29, 1.82) is 0 Å². The lowest BCUT2D eigenvalue weighted by molar-refractivity contribution is -0.121. The van der Waals surface area contributed by atoms with E-state index in [2.05, 4.69) is 48.7 Å². The molecule has 0 spiro atoms. The highest BCUT2D eigenvalue weighted by Crippen LogP contribution is 2.08. The molecule has 0 aromatic carbocycles. The van der Waals surface area contributed by atoms with Crippen LogP contribution in [-0.4, -0.2) is 11.9 Å². The predicted octanol–water partition coefficient (Wildman–Crippen LogP) is 6.10. The number of allylic oxidation sites excluding steroid dienone is 6. The van der Waals surface area contributed by atoms with Crippen molar-refractivity contribution in [3.05, 3.63) is 36.5 Å². The Hall–Kier alpha value is -1.31. The van der Waals surface area contributed by atoms with E-state index in [1.54, 1.807) is 0 Å². The van der Waals surface area contributed by atoms with E-state index < -0.39 is 0 Å². The molecule has 0 bridgehead atoms. The van der Waals surface area contributed by atoms with E-state index in [-0.39, 0.29) is 11.9 Å². The molecule has 1 N–H and O–H groups in total. The first-order valence-corrected chi connectivity index (χ1v) is 9.41. The standard InChI is InChI=1S/C21H37NO/c1-4-5-6-7-8-9-10-11-12-13-14-15-16-17-18-19-21(23)22-20(2)3/h5-6,8-9,11-12,20H,4,7,10,13-19H2,1-3H3,(H,22,23)/b6-5-,9-8-,12-11-. The Morgan fingerprint density at radius 1 is 0.826 bits per heavy atom. The predicted molar refractivity (Wildman–Crippen MR) is 103 cm³/mol. The van der Waals surface area contributed by atoms with Crippen molar-refractivity contribution in [3.63, 3.8) is 0 Å². The number of carbonyl (C=O) groups excluding carboxylic acids is 1. The smallest absolute Gasteiger partial charge is 0.220 e. The van der Waals surface area contributed by atoms with Crippen molar-refractivity contribution in [2.45, 2.75) is 91.0 Å². The van der Waals surface area contributed by atoms with E-state index in [9.17, 15) is 4.79 Å². The molecule has 0 aromatic rings. The third-order valence-electron chi connectivity index (χ3n) is 3.50. The molecule has 0 radical (unpaired) electrons. The average molecular weight is 320 g/mol. The Kier molecular flexibility index (Phi) is 16.1. The second-order valence-electron chi connectivity index (χ2n) is 6.32. The highest BCUT2D eigenvalue weighted by atomic mass is 16.1. The molecule has 0 aliphatic rings. The summed E-state index contributed by atoms with van der Waals surface area (Å²) in [6.07, 6.45) is 24.5. The summed E-state index contributed by atoms with van der Waals surface area (Å²) >= 11 is 0. The number of hydrogen-bond donors (Lipinski definition) is 1. The molecular weight excluding hydrogens is 282 g/mol. The van der Waals surface area contributed by atoms with Crippen LogP contribution in [0.15, 0.2) is 36.5 Å². The van der Waals surface area contributed by atoms with Crippen LogP contribution >= 0.6 is 0 Å². The molecule has 0 aliphatic carbocycles.